The summed E-state index contributed by atoms with van der Waals surface area (Å²) in [6.07, 6.45) is 0.420. The maximum atomic E-state index is 12.2. The van der Waals surface area contributed by atoms with E-state index in [1.54, 1.807) is 24.1 Å². The zero-order valence-corrected chi connectivity index (χ0v) is 13.5. The normalized spacial score (nSPS) is 12.0. The summed E-state index contributed by atoms with van der Waals surface area (Å²) < 4.78 is 10.6. The van der Waals surface area contributed by atoms with E-state index in [0.717, 1.165) is 11.3 Å². The molecule has 0 atom stereocenters. The van der Waals surface area contributed by atoms with Crippen LogP contribution >= 0.6 is 0 Å². The van der Waals surface area contributed by atoms with Gasteiger partial charge in [0.1, 0.15) is 0 Å². The molecule has 0 aliphatic carbocycles. The van der Waals surface area contributed by atoms with Crippen LogP contribution in [-0.2, 0) is 11.3 Å². The highest BCUT2D eigenvalue weighted by Gasteiger charge is 2.16. The first-order chi connectivity index (χ1) is 11.6. The third-order valence-electron chi connectivity index (χ3n) is 3.94. The van der Waals surface area contributed by atoms with Crippen molar-refractivity contribution in [2.75, 3.05) is 13.8 Å². The van der Waals surface area contributed by atoms with Crippen LogP contribution in [0, 0.1) is 0 Å². The minimum absolute atomic E-state index is 0.0135. The van der Waals surface area contributed by atoms with Gasteiger partial charge in [0.05, 0.1) is 0 Å². The van der Waals surface area contributed by atoms with Crippen molar-refractivity contribution in [1.29, 1.82) is 0 Å². The third-order valence-corrected chi connectivity index (χ3v) is 3.94. The first-order valence-electron chi connectivity index (χ1n) is 7.84. The Labute approximate surface area is 140 Å². The summed E-state index contributed by atoms with van der Waals surface area (Å²) in [6.45, 7) is 0.699. The number of nitrogens with zero attached hydrogens (tertiary/aromatic N) is 1. The van der Waals surface area contributed by atoms with Gasteiger partial charge in [-0.15, -0.1) is 0 Å². The number of fused-ring (bicyclic) bond motifs is 1. The average Bonchev–Trinajstić information content (AvgIpc) is 3.07. The lowest BCUT2D eigenvalue weighted by Crippen LogP contribution is -2.26. The van der Waals surface area contributed by atoms with Gasteiger partial charge in [0.25, 0.3) is 0 Å². The van der Waals surface area contributed by atoms with Crippen molar-refractivity contribution >= 4 is 11.7 Å². The van der Waals surface area contributed by atoms with Gasteiger partial charge >= 0.3 is 0 Å². The fourth-order valence-corrected chi connectivity index (χ4v) is 2.58. The minimum atomic E-state index is -0.0584. The molecule has 1 aliphatic rings. The van der Waals surface area contributed by atoms with E-state index < -0.39 is 0 Å². The highest BCUT2D eigenvalue weighted by molar-refractivity contribution is 5.97. The van der Waals surface area contributed by atoms with Crippen molar-refractivity contribution < 1.29 is 19.1 Å². The Morgan fingerprint density at radius 1 is 1.00 bits per heavy atom. The second-order valence-corrected chi connectivity index (χ2v) is 5.73. The molecule has 3 rings (SSSR count). The predicted molar refractivity (Wildman–Crippen MR) is 89.0 cm³/mol. The molecule has 0 bridgehead atoms. The van der Waals surface area contributed by atoms with E-state index in [1.165, 1.54) is 0 Å². The van der Waals surface area contributed by atoms with Crippen molar-refractivity contribution in [3.05, 3.63) is 59.7 Å². The standard InChI is InChI=1S/C19H19NO4/c1-20(12-14-7-9-17-18(11-14)24-13-23-17)19(22)10-8-16(21)15-5-3-2-4-6-15/h2-7,9,11H,8,10,12-13H2,1H3. The van der Waals surface area contributed by atoms with Gasteiger partial charge < -0.3 is 14.4 Å². The number of hydrogen-bond acceptors (Lipinski definition) is 4. The number of ether oxygens (including phenoxy) is 2. The summed E-state index contributed by atoms with van der Waals surface area (Å²) in [7, 11) is 1.74. The molecule has 5 nitrogen and oxygen atoms in total. The van der Waals surface area contributed by atoms with Crippen molar-refractivity contribution in [2.45, 2.75) is 19.4 Å². The van der Waals surface area contributed by atoms with E-state index in [2.05, 4.69) is 0 Å². The Balaban J connectivity index is 1.52. The number of benzene rings is 2. The van der Waals surface area contributed by atoms with Crippen molar-refractivity contribution in [2.24, 2.45) is 0 Å². The molecule has 0 saturated heterocycles. The zero-order chi connectivity index (χ0) is 16.9. The number of carbonyl (C=O) groups excluding carboxylic acids is 2. The van der Waals surface area contributed by atoms with Crippen LogP contribution in [0.2, 0.25) is 0 Å². The highest BCUT2D eigenvalue weighted by Crippen LogP contribution is 2.32. The first kappa shape index (κ1) is 16.1. The van der Waals surface area contributed by atoms with Gasteiger partial charge in [-0.25, -0.2) is 0 Å². The molecule has 5 heteroatoms. The summed E-state index contributed by atoms with van der Waals surface area (Å²) in [5, 5.41) is 0. The van der Waals surface area contributed by atoms with Gasteiger partial charge in [-0.3, -0.25) is 9.59 Å². The second-order valence-electron chi connectivity index (χ2n) is 5.73. The van der Waals surface area contributed by atoms with Crippen LogP contribution < -0.4 is 9.47 Å². The first-order valence-corrected chi connectivity index (χ1v) is 7.84. The monoisotopic (exact) mass is 325 g/mol. The number of rotatable bonds is 6. The Morgan fingerprint density at radius 2 is 1.75 bits per heavy atom. The average molecular weight is 325 g/mol. The molecule has 1 amide bonds. The molecule has 24 heavy (non-hydrogen) atoms. The molecular formula is C19H19NO4. The van der Waals surface area contributed by atoms with Gasteiger partial charge in [0.2, 0.25) is 12.7 Å². The molecular weight excluding hydrogens is 306 g/mol. The van der Waals surface area contributed by atoms with E-state index in [1.807, 2.05) is 36.4 Å². The molecule has 0 N–H and O–H groups in total. The third kappa shape index (κ3) is 3.74. The van der Waals surface area contributed by atoms with Crippen molar-refractivity contribution in [1.82, 2.24) is 4.90 Å². The summed E-state index contributed by atoms with van der Waals surface area (Å²) in [6, 6.07) is 14.7. The summed E-state index contributed by atoms with van der Waals surface area (Å²) >= 11 is 0. The number of hydrogen-bond donors (Lipinski definition) is 0. The van der Waals surface area contributed by atoms with Gasteiger partial charge in [0, 0.05) is 32.0 Å². The van der Waals surface area contributed by atoms with Crippen LogP contribution in [-0.4, -0.2) is 30.4 Å². The van der Waals surface area contributed by atoms with Crippen LogP contribution in [0.4, 0.5) is 0 Å². The predicted octanol–water partition coefficient (Wildman–Crippen LogP) is 3.04. The van der Waals surface area contributed by atoms with Gasteiger partial charge in [-0.1, -0.05) is 36.4 Å². The highest BCUT2D eigenvalue weighted by atomic mass is 16.7. The Kier molecular flexibility index (Phi) is 4.79. The van der Waals surface area contributed by atoms with Crippen LogP contribution in [0.15, 0.2) is 48.5 Å². The van der Waals surface area contributed by atoms with Crippen LogP contribution in [0.5, 0.6) is 11.5 Å². The van der Waals surface area contributed by atoms with Crippen LogP contribution in [0.1, 0.15) is 28.8 Å². The summed E-state index contributed by atoms with van der Waals surface area (Å²) in [4.78, 5) is 25.9. The lowest BCUT2D eigenvalue weighted by molar-refractivity contribution is -0.130. The molecule has 0 aromatic heterocycles. The topological polar surface area (TPSA) is 55.8 Å². The van der Waals surface area contributed by atoms with E-state index in [9.17, 15) is 9.59 Å². The zero-order valence-electron chi connectivity index (χ0n) is 13.5. The van der Waals surface area contributed by atoms with Crippen molar-refractivity contribution in [3.8, 4) is 11.5 Å². The molecule has 2 aromatic rings. The largest absolute Gasteiger partial charge is 0.454 e. The number of carbonyl (C=O) groups is 2. The van der Waals surface area contributed by atoms with E-state index in [0.29, 0.717) is 17.9 Å². The quantitative estimate of drug-likeness (QED) is 0.766. The smallest absolute Gasteiger partial charge is 0.231 e. The lowest BCUT2D eigenvalue weighted by Gasteiger charge is -2.17. The van der Waals surface area contributed by atoms with Gasteiger partial charge in [-0.2, -0.15) is 0 Å². The Bertz CT molecular complexity index is 742. The number of ketones is 1. The fourth-order valence-electron chi connectivity index (χ4n) is 2.58. The molecule has 124 valence electrons. The second kappa shape index (κ2) is 7.17. The molecule has 0 fully saturated rings. The fraction of sp³-hybridized carbons (Fsp3) is 0.263. The SMILES string of the molecule is CN(Cc1ccc2c(c1)OCO2)C(=O)CCC(=O)c1ccccc1. The number of amides is 1. The summed E-state index contributed by atoms with van der Waals surface area (Å²) in [5.41, 5.74) is 1.60. The van der Waals surface area contributed by atoms with Crippen LogP contribution in [0.25, 0.3) is 0 Å². The molecule has 0 saturated carbocycles. The molecule has 2 aromatic carbocycles. The Hall–Kier alpha value is -2.82. The van der Waals surface area contributed by atoms with Crippen molar-refractivity contribution in [3.63, 3.8) is 0 Å². The maximum absolute atomic E-state index is 12.2. The van der Waals surface area contributed by atoms with E-state index in [-0.39, 0.29) is 31.3 Å². The lowest BCUT2D eigenvalue weighted by atomic mass is 10.1. The van der Waals surface area contributed by atoms with Crippen LogP contribution in [0.3, 0.4) is 0 Å². The summed E-state index contributed by atoms with van der Waals surface area (Å²) in [5.74, 6) is 1.35. The van der Waals surface area contributed by atoms with E-state index in [4.69, 9.17) is 9.47 Å². The molecule has 0 spiro atoms. The number of Topliss-reactive ketones (excluding diaryl/α,β-unsaturated/α-hetero) is 1. The van der Waals surface area contributed by atoms with Gasteiger partial charge in [0.15, 0.2) is 17.3 Å². The molecule has 1 heterocycles. The molecule has 1 aliphatic heterocycles. The van der Waals surface area contributed by atoms with E-state index >= 15 is 0 Å². The Morgan fingerprint density at radius 3 is 2.54 bits per heavy atom. The van der Waals surface area contributed by atoms with Gasteiger partial charge in [-0.05, 0) is 17.7 Å². The molecule has 0 radical (unpaired) electrons. The maximum Gasteiger partial charge on any atom is 0.231 e. The minimum Gasteiger partial charge on any atom is -0.454 e. The molecule has 0 unspecified atom stereocenters.